The van der Waals surface area contributed by atoms with Crippen molar-refractivity contribution >= 4 is 11.6 Å². The van der Waals surface area contributed by atoms with E-state index >= 15 is 0 Å². The van der Waals surface area contributed by atoms with Crippen LogP contribution in [-0.2, 0) is 0 Å². The van der Waals surface area contributed by atoms with Gasteiger partial charge in [0.1, 0.15) is 11.9 Å². The van der Waals surface area contributed by atoms with E-state index in [1.54, 1.807) is 6.07 Å². The number of aliphatic hydroxyl groups excluding tert-OH is 1. The predicted molar refractivity (Wildman–Crippen MR) is 80.3 cm³/mol. The first-order chi connectivity index (χ1) is 9.61. The fourth-order valence-electron chi connectivity index (χ4n) is 2.25. The zero-order valence-electron chi connectivity index (χ0n) is 11.3. The van der Waals surface area contributed by atoms with Gasteiger partial charge in [-0.25, -0.2) is 0 Å². The van der Waals surface area contributed by atoms with Crippen LogP contribution in [0.2, 0.25) is 5.02 Å². The molecule has 2 aromatic rings. The summed E-state index contributed by atoms with van der Waals surface area (Å²) in [6.07, 6.45) is 1.92. The molecule has 1 unspecified atom stereocenters. The number of halogens is 1. The maximum absolute atomic E-state index is 10.5. The first-order valence-electron chi connectivity index (χ1n) is 6.83. The molecule has 2 aromatic carbocycles. The highest BCUT2D eigenvalue weighted by Crippen LogP contribution is 2.31. The summed E-state index contributed by atoms with van der Waals surface area (Å²) in [5.41, 5.74) is 2.67. The van der Waals surface area contributed by atoms with Crippen molar-refractivity contribution in [2.75, 3.05) is 0 Å². The summed E-state index contributed by atoms with van der Waals surface area (Å²) in [6, 6.07) is 13.3. The SMILES string of the molecule is Cc1cc(Cl)cc(C(O)c2cccc(OC3CC3)c2)c1. The van der Waals surface area contributed by atoms with Gasteiger partial charge < -0.3 is 9.84 Å². The molecule has 1 atom stereocenters. The summed E-state index contributed by atoms with van der Waals surface area (Å²) in [7, 11) is 0. The van der Waals surface area contributed by atoms with Crippen LogP contribution in [0.5, 0.6) is 5.75 Å². The Morgan fingerprint density at radius 3 is 2.65 bits per heavy atom. The van der Waals surface area contributed by atoms with E-state index in [1.165, 1.54) is 0 Å². The van der Waals surface area contributed by atoms with Gasteiger partial charge >= 0.3 is 0 Å². The quantitative estimate of drug-likeness (QED) is 0.910. The van der Waals surface area contributed by atoms with Gasteiger partial charge in [0.05, 0.1) is 6.10 Å². The Kier molecular flexibility index (Phi) is 3.68. The lowest BCUT2D eigenvalue weighted by atomic mass is 10.00. The molecular formula is C17H17ClO2. The fraction of sp³-hybridized carbons (Fsp3) is 0.294. The number of aryl methyl sites for hydroxylation is 1. The second-order valence-corrected chi connectivity index (χ2v) is 5.79. The van der Waals surface area contributed by atoms with E-state index in [4.69, 9.17) is 16.3 Å². The Hall–Kier alpha value is -1.51. The van der Waals surface area contributed by atoms with Crippen molar-refractivity contribution in [2.24, 2.45) is 0 Å². The van der Waals surface area contributed by atoms with Crippen molar-refractivity contribution in [1.82, 2.24) is 0 Å². The Morgan fingerprint density at radius 1 is 1.15 bits per heavy atom. The minimum Gasteiger partial charge on any atom is -0.490 e. The molecule has 0 heterocycles. The van der Waals surface area contributed by atoms with Crippen molar-refractivity contribution in [1.29, 1.82) is 0 Å². The van der Waals surface area contributed by atoms with Gasteiger partial charge in [0.15, 0.2) is 0 Å². The molecule has 20 heavy (non-hydrogen) atoms. The molecule has 0 amide bonds. The van der Waals surface area contributed by atoms with Crippen LogP contribution < -0.4 is 4.74 Å². The number of benzene rings is 2. The van der Waals surface area contributed by atoms with Crippen molar-refractivity contribution in [3.63, 3.8) is 0 Å². The maximum atomic E-state index is 10.5. The van der Waals surface area contributed by atoms with Gasteiger partial charge in [0.2, 0.25) is 0 Å². The van der Waals surface area contributed by atoms with Crippen LogP contribution in [0.3, 0.4) is 0 Å². The normalized spacial score (nSPS) is 15.9. The molecule has 3 rings (SSSR count). The summed E-state index contributed by atoms with van der Waals surface area (Å²) in [5.74, 6) is 0.822. The van der Waals surface area contributed by atoms with Gasteiger partial charge in [-0.3, -0.25) is 0 Å². The fourth-order valence-corrected chi connectivity index (χ4v) is 2.55. The molecule has 3 heteroatoms. The van der Waals surface area contributed by atoms with Gasteiger partial charge in [0, 0.05) is 5.02 Å². The zero-order valence-corrected chi connectivity index (χ0v) is 12.1. The predicted octanol–water partition coefficient (Wildman–Crippen LogP) is 4.27. The van der Waals surface area contributed by atoms with Gasteiger partial charge in [-0.2, -0.15) is 0 Å². The Labute approximate surface area is 124 Å². The first-order valence-corrected chi connectivity index (χ1v) is 7.21. The van der Waals surface area contributed by atoms with E-state index in [0.717, 1.165) is 35.3 Å². The van der Waals surface area contributed by atoms with E-state index in [9.17, 15) is 5.11 Å². The van der Waals surface area contributed by atoms with E-state index in [2.05, 4.69) is 0 Å². The molecule has 1 N–H and O–H groups in total. The van der Waals surface area contributed by atoms with Gasteiger partial charge in [0.25, 0.3) is 0 Å². The van der Waals surface area contributed by atoms with E-state index in [-0.39, 0.29) is 0 Å². The molecule has 1 fully saturated rings. The molecule has 0 radical (unpaired) electrons. The van der Waals surface area contributed by atoms with Gasteiger partial charge in [-0.1, -0.05) is 29.8 Å². The van der Waals surface area contributed by atoms with Crippen molar-refractivity contribution in [2.45, 2.75) is 32.0 Å². The zero-order chi connectivity index (χ0) is 14.1. The summed E-state index contributed by atoms with van der Waals surface area (Å²) < 4.78 is 5.76. The largest absolute Gasteiger partial charge is 0.490 e. The molecule has 0 aromatic heterocycles. The lowest BCUT2D eigenvalue weighted by Crippen LogP contribution is -2.02. The topological polar surface area (TPSA) is 29.5 Å². The van der Waals surface area contributed by atoms with Crippen molar-refractivity contribution < 1.29 is 9.84 Å². The average Bonchev–Trinajstić information content (AvgIpc) is 3.21. The number of ether oxygens (including phenoxy) is 1. The van der Waals surface area contributed by atoms with Crippen LogP contribution >= 0.6 is 11.6 Å². The van der Waals surface area contributed by atoms with Crippen LogP contribution in [0.1, 0.15) is 35.6 Å². The minimum atomic E-state index is -0.685. The van der Waals surface area contributed by atoms with Crippen molar-refractivity contribution in [3.05, 3.63) is 64.2 Å². The summed E-state index contributed by atoms with van der Waals surface area (Å²) in [6.45, 7) is 1.97. The second kappa shape index (κ2) is 5.47. The van der Waals surface area contributed by atoms with Crippen LogP contribution in [0.4, 0.5) is 0 Å². The smallest absolute Gasteiger partial charge is 0.120 e. The lowest BCUT2D eigenvalue weighted by molar-refractivity contribution is 0.219. The van der Waals surface area contributed by atoms with Gasteiger partial charge in [-0.15, -0.1) is 0 Å². The van der Waals surface area contributed by atoms with Gasteiger partial charge in [-0.05, 0) is 60.7 Å². The van der Waals surface area contributed by atoms with Crippen molar-refractivity contribution in [3.8, 4) is 5.75 Å². The number of aliphatic hydroxyl groups is 1. The number of hydrogen-bond acceptors (Lipinski definition) is 2. The Morgan fingerprint density at radius 2 is 1.95 bits per heavy atom. The summed E-state index contributed by atoms with van der Waals surface area (Å²) in [5, 5.41) is 11.1. The molecule has 0 saturated heterocycles. The summed E-state index contributed by atoms with van der Waals surface area (Å²) >= 11 is 6.05. The average molecular weight is 289 g/mol. The molecule has 2 nitrogen and oxygen atoms in total. The highest BCUT2D eigenvalue weighted by Gasteiger charge is 2.23. The van der Waals surface area contributed by atoms with E-state index in [0.29, 0.717) is 11.1 Å². The third-order valence-electron chi connectivity index (χ3n) is 3.38. The molecular weight excluding hydrogens is 272 g/mol. The standard InChI is InChI=1S/C17H17ClO2/c1-11-7-13(9-14(18)8-11)17(19)12-3-2-4-16(10-12)20-15-5-6-15/h2-4,7-10,15,17,19H,5-6H2,1H3. The molecule has 1 aliphatic rings. The monoisotopic (exact) mass is 288 g/mol. The molecule has 0 spiro atoms. The minimum absolute atomic E-state index is 0.357. The molecule has 0 bridgehead atoms. The van der Waals surface area contributed by atoms with Crippen LogP contribution in [-0.4, -0.2) is 11.2 Å². The highest BCUT2D eigenvalue weighted by atomic mass is 35.5. The maximum Gasteiger partial charge on any atom is 0.120 e. The highest BCUT2D eigenvalue weighted by molar-refractivity contribution is 6.30. The number of rotatable bonds is 4. The lowest BCUT2D eigenvalue weighted by Gasteiger charge is -2.14. The molecule has 0 aliphatic heterocycles. The van der Waals surface area contributed by atoms with E-state index < -0.39 is 6.10 Å². The molecule has 1 saturated carbocycles. The molecule has 104 valence electrons. The second-order valence-electron chi connectivity index (χ2n) is 5.35. The first kappa shape index (κ1) is 13.5. The third kappa shape index (κ3) is 3.14. The summed E-state index contributed by atoms with van der Waals surface area (Å²) in [4.78, 5) is 0. The third-order valence-corrected chi connectivity index (χ3v) is 3.60. The van der Waals surface area contributed by atoms with Crippen LogP contribution in [0.15, 0.2) is 42.5 Å². The molecule has 1 aliphatic carbocycles. The van der Waals surface area contributed by atoms with Crippen LogP contribution in [0, 0.1) is 6.92 Å². The number of hydrogen-bond donors (Lipinski definition) is 1. The Balaban J connectivity index is 1.86. The Bertz CT molecular complexity index is 600. The van der Waals surface area contributed by atoms with E-state index in [1.807, 2.05) is 43.3 Å². The van der Waals surface area contributed by atoms with Crippen LogP contribution in [0.25, 0.3) is 0 Å².